The minimum Gasteiger partial charge on any atom is -0.430 e. The van der Waals surface area contributed by atoms with Crippen LogP contribution in [-0.2, 0) is 9.09 Å². The van der Waals surface area contributed by atoms with Gasteiger partial charge in [-0.1, -0.05) is 24.8 Å². The highest BCUT2D eigenvalue weighted by Gasteiger charge is 2.23. The number of benzene rings is 1. The molecule has 0 amide bonds. The quantitative estimate of drug-likeness (QED) is 0.596. The van der Waals surface area contributed by atoms with Gasteiger partial charge in [-0.2, -0.15) is 0 Å². The van der Waals surface area contributed by atoms with Crippen molar-refractivity contribution >= 4 is 12.9 Å². The van der Waals surface area contributed by atoms with Crippen molar-refractivity contribution in [3.05, 3.63) is 42.7 Å². The highest BCUT2D eigenvalue weighted by molar-refractivity contribution is 7.61. The van der Waals surface area contributed by atoms with E-state index in [2.05, 4.69) is 11.1 Å². The Balaban J connectivity index is 3.14. The second kappa shape index (κ2) is 3.77. The normalized spacial score (nSPS) is 14.6. The summed E-state index contributed by atoms with van der Waals surface area (Å²) >= 11 is 0. The molecule has 4 heteroatoms. The molecule has 0 aliphatic carbocycles. The molecule has 1 aromatic rings. The standard InChI is InChI=1S/C9H11O3P/c1-3-12-13(10,11)9-7-5-4-6-8(9)2/h3-7H,1H2,2H3,(H,10,11). The number of hydrogen-bond acceptors (Lipinski definition) is 2. The summed E-state index contributed by atoms with van der Waals surface area (Å²) < 4.78 is 16.1. The zero-order valence-corrected chi connectivity index (χ0v) is 8.20. The summed E-state index contributed by atoms with van der Waals surface area (Å²) in [5.74, 6) is 0. The minimum absolute atomic E-state index is 0.315. The molecule has 1 aromatic carbocycles. The van der Waals surface area contributed by atoms with E-state index in [-0.39, 0.29) is 0 Å². The molecule has 0 aromatic heterocycles. The zero-order valence-electron chi connectivity index (χ0n) is 7.30. The van der Waals surface area contributed by atoms with Gasteiger partial charge in [-0.15, -0.1) is 0 Å². The van der Waals surface area contributed by atoms with Gasteiger partial charge in [0.2, 0.25) is 0 Å². The van der Waals surface area contributed by atoms with Crippen molar-refractivity contribution in [3.8, 4) is 0 Å². The summed E-state index contributed by atoms with van der Waals surface area (Å²) in [5.41, 5.74) is 0.732. The van der Waals surface area contributed by atoms with Crippen molar-refractivity contribution in [3.63, 3.8) is 0 Å². The molecule has 70 valence electrons. The Hall–Kier alpha value is -1.05. The van der Waals surface area contributed by atoms with E-state index in [1.54, 1.807) is 31.2 Å². The molecule has 3 nitrogen and oxygen atoms in total. The van der Waals surface area contributed by atoms with Crippen molar-refractivity contribution in [2.45, 2.75) is 6.92 Å². The number of hydrogen-bond donors (Lipinski definition) is 1. The van der Waals surface area contributed by atoms with Crippen LogP contribution in [0, 0.1) is 6.92 Å². The first-order chi connectivity index (χ1) is 6.08. The summed E-state index contributed by atoms with van der Waals surface area (Å²) in [7, 11) is -3.70. The molecule has 1 N–H and O–H groups in total. The monoisotopic (exact) mass is 198 g/mol. The van der Waals surface area contributed by atoms with Crippen molar-refractivity contribution in [1.82, 2.24) is 0 Å². The van der Waals surface area contributed by atoms with Crippen LogP contribution in [0.15, 0.2) is 37.1 Å². The average Bonchev–Trinajstić information content (AvgIpc) is 2.04. The fraction of sp³-hybridized carbons (Fsp3) is 0.111. The van der Waals surface area contributed by atoms with Gasteiger partial charge in [-0.25, -0.2) is 4.57 Å². The highest BCUT2D eigenvalue weighted by atomic mass is 31.2. The predicted octanol–water partition coefficient (Wildman–Crippen LogP) is 1.97. The number of aryl methyl sites for hydroxylation is 1. The van der Waals surface area contributed by atoms with Crippen molar-refractivity contribution in [2.75, 3.05) is 0 Å². The first kappa shape index (κ1) is 10.0. The number of rotatable bonds is 3. The fourth-order valence-electron chi connectivity index (χ4n) is 1.04. The summed E-state index contributed by atoms with van der Waals surface area (Å²) in [6.07, 6.45) is 0.979. The van der Waals surface area contributed by atoms with E-state index < -0.39 is 7.60 Å². The molecule has 0 spiro atoms. The molecular weight excluding hydrogens is 187 g/mol. The molecule has 0 aliphatic rings. The molecule has 1 rings (SSSR count). The van der Waals surface area contributed by atoms with Gasteiger partial charge in [0.05, 0.1) is 11.6 Å². The van der Waals surface area contributed by atoms with Crippen LogP contribution >= 0.6 is 7.60 Å². The van der Waals surface area contributed by atoms with Gasteiger partial charge in [-0.05, 0) is 18.6 Å². The smallest absolute Gasteiger partial charge is 0.407 e. The van der Waals surface area contributed by atoms with Crippen LogP contribution in [0.25, 0.3) is 0 Å². The third-order valence-electron chi connectivity index (χ3n) is 1.64. The lowest BCUT2D eigenvalue weighted by Gasteiger charge is -2.11. The Labute approximate surface area is 77.2 Å². The van der Waals surface area contributed by atoms with Crippen LogP contribution in [0.3, 0.4) is 0 Å². The van der Waals surface area contributed by atoms with Crippen LogP contribution in [0.5, 0.6) is 0 Å². The lowest BCUT2D eigenvalue weighted by molar-refractivity contribution is 0.362. The molecule has 0 saturated carbocycles. The van der Waals surface area contributed by atoms with E-state index in [9.17, 15) is 9.46 Å². The average molecular weight is 198 g/mol. The predicted molar refractivity (Wildman–Crippen MR) is 51.9 cm³/mol. The van der Waals surface area contributed by atoms with E-state index in [0.717, 1.165) is 11.8 Å². The molecule has 13 heavy (non-hydrogen) atoms. The van der Waals surface area contributed by atoms with Crippen molar-refractivity contribution < 1.29 is 14.0 Å². The van der Waals surface area contributed by atoms with Crippen LogP contribution in [-0.4, -0.2) is 4.89 Å². The van der Waals surface area contributed by atoms with Gasteiger partial charge in [0.15, 0.2) is 0 Å². The first-order valence-electron chi connectivity index (χ1n) is 3.76. The molecular formula is C9H11O3P. The van der Waals surface area contributed by atoms with Crippen LogP contribution in [0.4, 0.5) is 0 Å². The van der Waals surface area contributed by atoms with E-state index >= 15 is 0 Å². The molecule has 0 aliphatic heterocycles. The SMILES string of the molecule is C=COP(=O)(O)c1ccccc1C. The molecule has 0 saturated heterocycles. The van der Waals surface area contributed by atoms with Crippen LogP contribution in [0.2, 0.25) is 0 Å². The fourth-order valence-corrected chi connectivity index (χ4v) is 2.15. The maximum absolute atomic E-state index is 11.5. The van der Waals surface area contributed by atoms with Gasteiger partial charge in [0, 0.05) is 0 Å². The molecule has 0 fully saturated rings. The molecule has 0 bridgehead atoms. The third kappa shape index (κ3) is 2.20. The molecule has 1 unspecified atom stereocenters. The summed E-state index contributed by atoms with van der Waals surface area (Å²) in [5, 5.41) is 0.315. The zero-order chi connectivity index (χ0) is 9.90. The molecule has 1 atom stereocenters. The van der Waals surface area contributed by atoms with Crippen molar-refractivity contribution in [2.24, 2.45) is 0 Å². The molecule has 0 radical (unpaired) electrons. The van der Waals surface area contributed by atoms with Gasteiger partial charge in [-0.3, -0.25) is 0 Å². The first-order valence-corrected chi connectivity index (χ1v) is 5.34. The van der Waals surface area contributed by atoms with E-state index in [1.807, 2.05) is 0 Å². The van der Waals surface area contributed by atoms with Crippen molar-refractivity contribution in [1.29, 1.82) is 0 Å². The van der Waals surface area contributed by atoms with Gasteiger partial charge < -0.3 is 9.42 Å². The second-order valence-corrected chi connectivity index (χ2v) is 4.31. The Morgan fingerprint density at radius 2 is 2.15 bits per heavy atom. The van der Waals surface area contributed by atoms with Crippen LogP contribution < -0.4 is 5.30 Å². The summed E-state index contributed by atoms with van der Waals surface area (Å²) in [6, 6.07) is 6.81. The topological polar surface area (TPSA) is 46.5 Å². The lowest BCUT2D eigenvalue weighted by Crippen LogP contribution is -2.08. The Kier molecular flexibility index (Phi) is 2.91. The van der Waals surface area contributed by atoms with E-state index in [0.29, 0.717) is 5.30 Å². The second-order valence-electron chi connectivity index (χ2n) is 2.58. The lowest BCUT2D eigenvalue weighted by atomic mass is 10.2. The van der Waals surface area contributed by atoms with Gasteiger partial charge >= 0.3 is 7.60 Å². The Bertz CT molecular complexity index is 360. The summed E-state index contributed by atoms with van der Waals surface area (Å²) in [6.45, 7) is 5.00. The minimum atomic E-state index is -3.70. The maximum atomic E-state index is 11.5. The Morgan fingerprint density at radius 1 is 1.54 bits per heavy atom. The van der Waals surface area contributed by atoms with Gasteiger partial charge in [0.25, 0.3) is 0 Å². The van der Waals surface area contributed by atoms with Crippen LogP contribution in [0.1, 0.15) is 5.56 Å². The largest absolute Gasteiger partial charge is 0.430 e. The highest BCUT2D eigenvalue weighted by Crippen LogP contribution is 2.41. The third-order valence-corrected chi connectivity index (χ3v) is 3.18. The maximum Gasteiger partial charge on any atom is 0.407 e. The Morgan fingerprint density at radius 3 is 2.69 bits per heavy atom. The molecule has 0 heterocycles. The van der Waals surface area contributed by atoms with E-state index in [4.69, 9.17) is 0 Å². The van der Waals surface area contributed by atoms with E-state index in [1.165, 1.54) is 0 Å². The summed E-state index contributed by atoms with van der Waals surface area (Å²) in [4.78, 5) is 9.43. The van der Waals surface area contributed by atoms with Gasteiger partial charge in [0.1, 0.15) is 0 Å².